The molecule has 1 N–H and O–H groups in total. The third-order valence-electron chi connectivity index (χ3n) is 4.20. The van der Waals surface area contributed by atoms with Crippen molar-refractivity contribution in [2.75, 3.05) is 46.4 Å². The quantitative estimate of drug-likeness (QED) is 0.874. The molecule has 7 heteroatoms. The predicted molar refractivity (Wildman–Crippen MR) is 87.3 cm³/mol. The highest BCUT2D eigenvalue weighted by Crippen LogP contribution is 2.35. The molecule has 0 bridgehead atoms. The summed E-state index contributed by atoms with van der Waals surface area (Å²) in [6, 6.07) is 2.34. The summed E-state index contributed by atoms with van der Waals surface area (Å²) in [6.45, 7) is 5.98. The summed E-state index contributed by atoms with van der Waals surface area (Å²) in [5.41, 5.74) is 0. The molecule has 2 aliphatic rings. The van der Waals surface area contributed by atoms with Gasteiger partial charge in [-0.3, -0.25) is 9.69 Å². The smallest absolute Gasteiger partial charge is 0.264 e. The molecule has 2 saturated heterocycles. The van der Waals surface area contributed by atoms with Gasteiger partial charge in [0.25, 0.3) is 5.91 Å². The molecular formula is C14H20BrN3O2S. The highest BCUT2D eigenvalue weighted by molar-refractivity contribution is 9.11. The Morgan fingerprint density at radius 1 is 1.43 bits per heavy atom. The minimum atomic E-state index is 0.127. The maximum absolute atomic E-state index is 12.6. The Morgan fingerprint density at radius 3 is 2.86 bits per heavy atom. The Hall–Kier alpha value is -0.630. The minimum Gasteiger partial charge on any atom is -0.495 e. The van der Waals surface area contributed by atoms with E-state index in [-0.39, 0.29) is 5.91 Å². The van der Waals surface area contributed by atoms with E-state index in [1.807, 2.05) is 11.0 Å². The number of carbonyl (C=O) groups is 1. The van der Waals surface area contributed by atoms with Crippen LogP contribution in [0.2, 0.25) is 0 Å². The summed E-state index contributed by atoms with van der Waals surface area (Å²) >= 11 is 4.88. The number of halogens is 1. The van der Waals surface area contributed by atoms with Crippen molar-refractivity contribution in [2.24, 2.45) is 0 Å². The molecule has 0 aliphatic carbocycles. The summed E-state index contributed by atoms with van der Waals surface area (Å²) in [5, 5.41) is 3.37. The first-order valence-corrected chi connectivity index (χ1v) is 8.87. The van der Waals surface area contributed by atoms with Crippen molar-refractivity contribution in [2.45, 2.75) is 12.5 Å². The fraction of sp³-hybridized carbons (Fsp3) is 0.643. The third-order valence-corrected chi connectivity index (χ3v) is 5.97. The van der Waals surface area contributed by atoms with Gasteiger partial charge in [0.15, 0.2) is 0 Å². The minimum absolute atomic E-state index is 0.127. The third kappa shape index (κ3) is 3.26. The lowest BCUT2D eigenvalue weighted by Gasteiger charge is -2.32. The van der Waals surface area contributed by atoms with Crippen molar-refractivity contribution in [3.63, 3.8) is 0 Å². The highest BCUT2D eigenvalue weighted by Gasteiger charge is 2.32. The van der Waals surface area contributed by atoms with Gasteiger partial charge in [0.1, 0.15) is 9.54 Å². The van der Waals surface area contributed by atoms with Crippen molar-refractivity contribution in [1.29, 1.82) is 0 Å². The second-order valence-corrected chi connectivity index (χ2v) is 7.80. The van der Waals surface area contributed by atoms with Gasteiger partial charge in [-0.1, -0.05) is 0 Å². The number of likely N-dealkylation sites (tertiary alicyclic amines) is 1. The number of ether oxygens (including phenoxy) is 1. The van der Waals surface area contributed by atoms with Crippen LogP contribution in [0.15, 0.2) is 9.85 Å². The van der Waals surface area contributed by atoms with Crippen molar-refractivity contribution >= 4 is 33.2 Å². The first-order valence-electron chi connectivity index (χ1n) is 7.26. The van der Waals surface area contributed by atoms with E-state index in [0.29, 0.717) is 6.04 Å². The lowest BCUT2D eigenvalue weighted by molar-refractivity contribution is 0.0778. The van der Waals surface area contributed by atoms with E-state index in [2.05, 4.69) is 26.1 Å². The van der Waals surface area contributed by atoms with Crippen molar-refractivity contribution in [3.05, 3.63) is 14.7 Å². The zero-order chi connectivity index (χ0) is 14.8. The molecule has 1 atom stereocenters. The number of nitrogens with one attached hydrogen (secondary N) is 1. The number of methoxy groups -OCH3 is 1. The van der Waals surface area contributed by atoms with Crippen LogP contribution < -0.4 is 10.1 Å². The molecule has 1 aromatic rings. The molecule has 2 aliphatic heterocycles. The van der Waals surface area contributed by atoms with Crippen LogP contribution in [0.3, 0.4) is 0 Å². The number of hydrogen-bond acceptors (Lipinski definition) is 5. The van der Waals surface area contributed by atoms with Gasteiger partial charge < -0.3 is 15.0 Å². The summed E-state index contributed by atoms with van der Waals surface area (Å²) in [7, 11) is 1.62. The maximum atomic E-state index is 12.6. The van der Waals surface area contributed by atoms with E-state index >= 15 is 0 Å². The normalized spacial score (nSPS) is 23.5. The lowest BCUT2D eigenvalue weighted by Crippen LogP contribution is -2.49. The number of rotatable bonds is 3. The topological polar surface area (TPSA) is 44.8 Å². The Balaban J connectivity index is 1.63. The maximum Gasteiger partial charge on any atom is 0.264 e. The lowest BCUT2D eigenvalue weighted by atomic mass is 10.2. The Labute approximate surface area is 137 Å². The molecule has 116 valence electrons. The molecule has 0 spiro atoms. The van der Waals surface area contributed by atoms with Crippen LogP contribution in [0.4, 0.5) is 0 Å². The Morgan fingerprint density at radius 2 is 2.19 bits per heavy atom. The van der Waals surface area contributed by atoms with Gasteiger partial charge in [-0.2, -0.15) is 0 Å². The van der Waals surface area contributed by atoms with Gasteiger partial charge in [-0.05, 0) is 22.4 Å². The molecule has 1 aromatic heterocycles. The van der Waals surface area contributed by atoms with E-state index in [1.165, 1.54) is 11.3 Å². The number of nitrogens with zero attached hydrogens (tertiary/aromatic N) is 2. The van der Waals surface area contributed by atoms with Crippen LogP contribution in [0, 0.1) is 0 Å². The van der Waals surface area contributed by atoms with Crippen LogP contribution in [0.5, 0.6) is 5.75 Å². The average molecular weight is 374 g/mol. The number of hydrogen-bond donors (Lipinski definition) is 1. The van der Waals surface area contributed by atoms with Gasteiger partial charge >= 0.3 is 0 Å². The van der Waals surface area contributed by atoms with Gasteiger partial charge in [0, 0.05) is 51.4 Å². The van der Waals surface area contributed by atoms with E-state index in [9.17, 15) is 4.79 Å². The summed E-state index contributed by atoms with van der Waals surface area (Å²) < 4.78 is 6.11. The van der Waals surface area contributed by atoms with Crippen molar-refractivity contribution in [3.8, 4) is 5.75 Å². The van der Waals surface area contributed by atoms with Gasteiger partial charge in [0.05, 0.1) is 12.0 Å². The molecule has 3 rings (SSSR count). The van der Waals surface area contributed by atoms with E-state index in [4.69, 9.17) is 4.74 Å². The number of thiophene rings is 1. The number of piperazine rings is 1. The second kappa shape index (κ2) is 6.64. The van der Waals surface area contributed by atoms with Crippen molar-refractivity contribution < 1.29 is 9.53 Å². The molecule has 0 aromatic carbocycles. The molecule has 1 amide bonds. The molecule has 0 saturated carbocycles. The molecule has 2 fully saturated rings. The predicted octanol–water partition coefficient (Wildman–Crippen LogP) is 1.64. The van der Waals surface area contributed by atoms with Gasteiger partial charge in [-0.15, -0.1) is 11.3 Å². The molecule has 5 nitrogen and oxygen atoms in total. The first-order chi connectivity index (χ1) is 10.2. The molecule has 0 radical (unpaired) electrons. The van der Waals surface area contributed by atoms with E-state index < -0.39 is 0 Å². The molecular weight excluding hydrogens is 354 g/mol. The highest BCUT2D eigenvalue weighted by atomic mass is 79.9. The van der Waals surface area contributed by atoms with E-state index in [1.54, 1.807) is 7.11 Å². The fourth-order valence-corrected chi connectivity index (χ4v) is 4.64. The Bertz CT molecular complexity index is 516. The number of amides is 1. The van der Waals surface area contributed by atoms with E-state index in [0.717, 1.165) is 60.1 Å². The summed E-state index contributed by atoms with van der Waals surface area (Å²) in [5.74, 6) is 0.864. The second-order valence-electron chi connectivity index (χ2n) is 5.43. The zero-order valence-corrected chi connectivity index (χ0v) is 14.5. The van der Waals surface area contributed by atoms with Crippen LogP contribution in [0.1, 0.15) is 16.1 Å². The van der Waals surface area contributed by atoms with Crippen LogP contribution in [0.25, 0.3) is 0 Å². The van der Waals surface area contributed by atoms with Crippen LogP contribution in [-0.4, -0.2) is 68.1 Å². The van der Waals surface area contributed by atoms with Crippen molar-refractivity contribution in [1.82, 2.24) is 15.1 Å². The monoisotopic (exact) mass is 373 g/mol. The summed E-state index contributed by atoms with van der Waals surface area (Å²) in [4.78, 5) is 17.8. The summed E-state index contributed by atoms with van der Waals surface area (Å²) in [6.07, 6.45) is 1.08. The zero-order valence-electron chi connectivity index (χ0n) is 12.1. The largest absolute Gasteiger partial charge is 0.495 e. The fourth-order valence-electron chi connectivity index (χ4n) is 3.02. The standard InChI is InChI=1S/C14H20BrN3O2S/c1-20-11-8-12(21-13(11)15)14(19)18-5-2-10(9-18)17-6-3-16-4-7-17/h8,10,16H,2-7,9H2,1H3. The van der Waals surface area contributed by atoms with Gasteiger partial charge in [-0.25, -0.2) is 0 Å². The van der Waals surface area contributed by atoms with Crippen LogP contribution in [-0.2, 0) is 0 Å². The molecule has 21 heavy (non-hydrogen) atoms. The number of carbonyl (C=O) groups excluding carboxylic acids is 1. The van der Waals surface area contributed by atoms with Gasteiger partial charge in [0.2, 0.25) is 0 Å². The first kappa shape index (κ1) is 15.3. The average Bonchev–Trinajstić information content (AvgIpc) is 3.14. The Kier molecular flexibility index (Phi) is 4.83. The molecule has 3 heterocycles. The SMILES string of the molecule is COc1cc(C(=O)N2CCC(N3CCNCC3)C2)sc1Br. The molecule has 1 unspecified atom stereocenters. The van der Waals surface area contributed by atoms with Crippen LogP contribution >= 0.6 is 27.3 Å².